The van der Waals surface area contributed by atoms with Gasteiger partial charge in [-0.25, -0.2) is 19.5 Å². The van der Waals surface area contributed by atoms with Crippen LogP contribution >= 0.6 is 12.2 Å². The van der Waals surface area contributed by atoms with Crippen LogP contribution in [0.1, 0.15) is 5.56 Å². The third-order valence-corrected chi connectivity index (χ3v) is 5.68. The first-order valence-corrected chi connectivity index (χ1v) is 10.9. The van der Waals surface area contributed by atoms with Gasteiger partial charge in [-0.15, -0.1) is 0 Å². The van der Waals surface area contributed by atoms with Crippen molar-refractivity contribution in [3.63, 3.8) is 0 Å². The van der Waals surface area contributed by atoms with Crippen LogP contribution in [0.25, 0.3) is 16.6 Å². The highest BCUT2D eigenvalue weighted by atomic mass is 32.1. The molecule has 0 aliphatic heterocycles. The fraction of sp³-hybridized carbons (Fsp3) is 0.125. The summed E-state index contributed by atoms with van der Waals surface area (Å²) in [4.78, 5) is 14.9. The second-order valence-electron chi connectivity index (χ2n) is 7.91. The Morgan fingerprint density at radius 1 is 0.971 bits per heavy atom. The Morgan fingerprint density at radius 3 is 2.65 bits per heavy atom. The summed E-state index contributed by atoms with van der Waals surface area (Å²) in [5.41, 5.74) is 4.29. The molecule has 0 fully saturated rings. The number of thiocarbonyl (C=S) groups is 1. The molecule has 5 rings (SSSR count). The molecule has 2 N–H and O–H groups in total. The number of ether oxygens (including phenoxy) is 1. The van der Waals surface area contributed by atoms with Crippen LogP contribution in [0, 0.1) is 6.92 Å². The van der Waals surface area contributed by atoms with E-state index in [9.17, 15) is 0 Å². The van der Waals surface area contributed by atoms with E-state index in [4.69, 9.17) is 17.0 Å². The van der Waals surface area contributed by atoms with Crippen LogP contribution in [0.2, 0.25) is 0 Å². The molecule has 170 valence electrons. The lowest BCUT2D eigenvalue weighted by atomic mass is 10.1. The van der Waals surface area contributed by atoms with E-state index in [1.165, 1.54) is 6.33 Å². The lowest BCUT2D eigenvalue weighted by molar-refractivity contribution is 0.478. The zero-order valence-electron chi connectivity index (χ0n) is 18.9. The van der Waals surface area contributed by atoms with Crippen LogP contribution in [0.5, 0.6) is 11.5 Å². The number of benzene rings is 2. The maximum atomic E-state index is 6.08. The van der Waals surface area contributed by atoms with E-state index < -0.39 is 0 Å². The van der Waals surface area contributed by atoms with Crippen molar-refractivity contribution in [3.05, 3.63) is 72.9 Å². The molecule has 9 nitrogen and oxygen atoms in total. The quantitative estimate of drug-likeness (QED) is 0.352. The number of aromatic nitrogens is 5. The van der Waals surface area contributed by atoms with Gasteiger partial charge in [-0.05, 0) is 67.2 Å². The first-order valence-electron chi connectivity index (χ1n) is 10.5. The Balaban J connectivity index is 1.38. The lowest BCUT2D eigenvalue weighted by Gasteiger charge is -2.16. The van der Waals surface area contributed by atoms with Gasteiger partial charge in [0.05, 0.1) is 5.52 Å². The van der Waals surface area contributed by atoms with Crippen LogP contribution in [-0.4, -0.2) is 48.7 Å². The Kier molecular flexibility index (Phi) is 5.64. The minimum Gasteiger partial charge on any atom is -0.457 e. The molecule has 34 heavy (non-hydrogen) atoms. The van der Waals surface area contributed by atoms with Crippen molar-refractivity contribution in [1.82, 2.24) is 29.5 Å². The van der Waals surface area contributed by atoms with E-state index in [2.05, 4.69) is 30.7 Å². The maximum Gasteiger partial charge on any atom is 0.172 e. The fourth-order valence-electron chi connectivity index (χ4n) is 3.43. The normalized spacial score (nSPS) is 10.9. The van der Waals surface area contributed by atoms with Gasteiger partial charge >= 0.3 is 0 Å². The average molecular weight is 471 g/mol. The minimum absolute atomic E-state index is 0.625. The molecule has 0 aliphatic carbocycles. The summed E-state index contributed by atoms with van der Waals surface area (Å²) in [5, 5.41) is 12.2. The first-order chi connectivity index (χ1) is 16.5. The molecule has 0 aliphatic rings. The van der Waals surface area contributed by atoms with Gasteiger partial charge in [-0.2, -0.15) is 5.10 Å². The standard InChI is InChI=1S/C24H22N8OS/c1-15-10-16(5-7-21(15)33-18-8-9-32-22(12-18)26-14-28-32)29-23-19-11-17(30-24(34)31(2)3)4-6-20(19)25-13-27-23/h4-14H,1-3H3,(H,30,34)(H,25,27,29). The van der Waals surface area contributed by atoms with E-state index in [1.54, 1.807) is 10.8 Å². The van der Waals surface area contributed by atoms with E-state index in [-0.39, 0.29) is 0 Å². The molecule has 0 radical (unpaired) electrons. The van der Waals surface area contributed by atoms with Gasteiger partial charge in [-0.1, -0.05) is 0 Å². The topological polar surface area (TPSA) is 92.5 Å². The van der Waals surface area contributed by atoms with Crippen molar-refractivity contribution < 1.29 is 4.74 Å². The van der Waals surface area contributed by atoms with Gasteiger partial charge in [-0.3, -0.25) is 0 Å². The molecule has 0 amide bonds. The second-order valence-corrected chi connectivity index (χ2v) is 8.30. The molecule has 2 aromatic carbocycles. The molecule has 10 heteroatoms. The number of fused-ring (bicyclic) bond motifs is 2. The zero-order valence-corrected chi connectivity index (χ0v) is 19.7. The molecule has 5 aromatic rings. The average Bonchev–Trinajstić information content (AvgIpc) is 3.29. The summed E-state index contributed by atoms with van der Waals surface area (Å²) >= 11 is 5.36. The number of nitrogens with one attached hydrogen (secondary N) is 2. The van der Waals surface area contributed by atoms with Gasteiger partial charge in [0.1, 0.15) is 30.0 Å². The molecular formula is C24H22N8OS. The Labute approximate surface area is 201 Å². The Bertz CT molecular complexity index is 1510. The number of aryl methyl sites for hydroxylation is 1. The molecule has 0 bridgehead atoms. The molecule has 3 aromatic heterocycles. The highest BCUT2D eigenvalue weighted by Gasteiger charge is 2.09. The van der Waals surface area contributed by atoms with E-state index in [0.29, 0.717) is 16.7 Å². The van der Waals surface area contributed by atoms with Crippen LogP contribution < -0.4 is 15.4 Å². The second kappa shape index (κ2) is 8.91. The van der Waals surface area contributed by atoms with Crippen molar-refractivity contribution in [2.75, 3.05) is 24.7 Å². The number of hydrogen-bond acceptors (Lipinski definition) is 7. The van der Waals surface area contributed by atoms with Crippen molar-refractivity contribution in [1.29, 1.82) is 0 Å². The summed E-state index contributed by atoms with van der Waals surface area (Å²) in [6.07, 6.45) is 4.88. The van der Waals surface area contributed by atoms with Crippen molar-refractivity contribution in [3.8, 4) is 11.5 Å². The number of rotatable bonds is 5. The highest BCUT2D eigenvalue weighted by molar-refractivity contribution is 7.80. The summed E-state index contributed by atoms with van der Waals surface area (Å²) in [6.45, 7) is 2.00. The van der Waals surface area contributed by atoms with E-state index >= 15 is 0 Å². The number of nitrogens with zero attached hydrogens (tertiary/aromatic N) is 6. The first kappa shape index (κ1) is 21.5. The minimum atomic E-state index is 0.625. The third-order valence-electron chi connectivity index (χ3n) is 5.21. The SMILES string of the molecule is Cc1cc(Nc2ncnc3ccc(NC(=S)N(C)C)cc23)ccc1Oc1ccn2ncnc2c1. The van der Waals surface area contributed by atoms with E-state index in [1.807, 2.05) is 80.6 Å². The smallest absolute Gasteiger partial charge is 0.172 e. The molecule has 0 unspecified atom stereocenters. The maximum absolute atomic E-state index is 6.08. The predicted octanol–water partition coefficient (Wildman–Crippen LogP) is 4.78. The molecule has 3 heterocycles. The van der Waals surface area contributed by atoms with Gasteiger partial charge < -0.3 is 20.3 Å². The predicted molar refractivity (Wildman–Crippen MR) is 137 cm³/mol. The van der Waals surface area contributed by atoms with Crippen molar-refractivity contribution in [2.45, 2.75) is 6.92 Å². The van der Waals surface area contributed by atoms with Crippen LogP contribution in [-0.2, 0) is 0 Å². The van der Waals surface area contributed by atoms with Gasteiger partial charge in [0.15, 0.2) is 10.8 Å². The number of hydrogen-bond donors (Lipinski definition) is 2. The highest BCUT2D eigenvalue weighted by Crippen LogP contribution is 2.30. The summed E-state index contributed by atoms with van der Waals surface area (Å²) < 4.78 is 7.76. The molecule has 0 atom stereocenters. The van der Waals surface area contributed by atoms with Gasteiger partial charge in [0.2, 0.25) is 0 Å². The van der Waals surface area contributed by atoms with Gasteiger partial charge in [0, 0.05) is 43.1 Å². The monoisotopic (exact) mass is 470 g/mol. The lowest BCUT2D eigenvalue weighted by Crippen LogP contribution is -2.26. The summed E-state index contributed by atoms with van der Waals surface area (Å²) in [6, 6.07) is 15.5. The molecule has 0 saturated carbocycles. The molecule has 0 saturated heterocycles. The van der Waals surface area contributed by atoms with Crippen LogP contribution in [0.4, 0.5) is 17.2 Å². The van der Waals surface area contributed by atoms with Crippen LogP contribution in [0.3, 0.4) is 0 Å². The third kappa shape index (κ3) is 4.44. The summed E-state index contributed by atoms with van der Waals surface area (Å²) in [5.74, 6) is 2.15. The Hall–Kier alpha value is -4.31. The molecular weight excluding hydrogens is 448 g/mol. The molecule has 0 spiro atoms. The zero-order chi connectivity index (χ0) is 23.7. The van der Waals surface area contributed by atoms with Crippen molar-refractivity contribution in [2.24, 2.45) is 0 Å². The van der Waals surface area contributed by atoms with Crippen molar-refractivity contribution >= 4 is 51.1 Å². The van der Waals surface area contributed by atoms with Crippen LogP contribution in [0.15, 0.2) is 67.4 Å². The Morgan fingerprint density at radius 2 is 1.82 bits per heavy atom. The fourth-order valence-corrected chi connectivity index (χ4v) is 3.55. The largest absolute Gasteiger partial charge is 0.457 e. The summed E-state index contributed by atoms with van der Waals surface area (Å²) in [7, 11) is 3.80. The van der Waals surface area contributed by atoms with E-state index in [0.717, 1.165) is 39.2 Å². The number of anilines is 3. The number of pyridine rings is 1. The van der Waals surface area contributed by atoms with Gasteiger partial charge in [0.25, 0.3) is 0 Å².